The lowest BCUT2D eigenvalue weighted by atomic mass is 10.0. The SMILES string of the molecule is CCn1c(N2CCN(c3ccc(F)cc3)CC2)c(C=C2SC(=S)N(CCCOC)C2=O)c(C)c(C#N)c1=O. The fourth-order valence-electron chi connectivity index (χ4n) is 4.80. The number of carbonyl (C=O) groups excluding carboxylic acids is 1. The maximum atomic E-state index is 13.4. The van der Waals surface area contributed by atoms with Crippen LogP contribution in [-0.2, 0) is 16.1 Å². The molecule has 0 spiro atoms. The van der Waals surface area contributed by atoms with Crippen LogP contribution in [0, 0.1) is 24.1 Å². The summed E-state index contributed by atoms with van der Waals surface area (Å²) in [7, 11) is 1.61. The zero-order valence-corrected chi connectivity index (χ0v) is 23.3. The van der Waals surface area contributed by atoms with Crippen LogP contribution in [0.25, 0.3) is 6.08 Å². The van der Waals surface area contributed by atoms with E-state index in [1.165, 1.54) is 23.9 Å². The number of thiocarbonyl (C=S) groups is 1. The van der Waals surface area contributed by atoms with Crippen molar-refractivity contribution in [3.05, 3.63) is 62.0 Å². The highest BCUT2D eigenvalue weighted by molar-refractivity contribution is 8.26. The van der Waals surface area contributed by atoms with Gasteiger partial charge in [0.1, 0.15) is 27.6 Å². The maximum absolute atomic E-state index is 13.4. The van der Waals surface area contributed by atoms with Crippen LogP contribution in [0.1, 0.15) is 30.0 Å². The number of anilines is 2. The standard InChI is InChI=1S/C27H30FN5O3S2/c1-4-32-24(31-13-11-30(12-14-31)20-8-6-19(28)7-9-20)21(18(2)22(17-29)25(32)34)16-23-26(35)33(27(37)38-23)10-5-15-36-3/h6-9,16H,4-5,10-15H2,1-3H3. The van der Waals surface area contributed by atoms with E-state index in [1.54, 1.807) is 41.7 Å². The second-order valence-electron chi connectivity index (χ2n) is 9.03. The molecule has 2 aromatic rings. The summed E-state index contributed by atoms with van der Waals surface area (Å²) in [4.78, 5) is 32.9. The van der Waals surface area contributed by atoms with Crippen LogP contribution in [-0.4, -0.2) is 66.1 Å². The fourth-order valence-corrected chi connectivity index (χ4v) is 6.09. The Balaban J connectivity index is 1.71. The third-order valence-corrected chi connectivity index (χ3v) is 8.19. The van der Waals surface area contributed by atoms with Crippen LogP contribution in [0.3, 0.4) is 0 Å². The molecular formula is C27H30FN5O3S2. The van der Waals surface area contributed by atoms with Gasteiger partial charge in [-0.2, -0.15) is 5.26 Å². The molecule has 0 saturated carbocycles. The molecule has 1 amide bonds. The van der Waals surface area contributed by atoms with E-state index in [0.717, 1.165) is 5.69 Å². The molecule has 2 aliphatic rings. The van der Waals surface area contributed by atoms with Crippen LogP contribution in [0.5, 0.6) is 0 Å². The number of pyridine rings is 1. The Bertz CT molecular complexity index is 1360. The number of halogens is 1. The lowest BCUT2D eigenvalue weighted by molar-refractivity contribution is -0.122. The molecule has 11 heteroatoms. The average molecular weight is 556 g/mol. The van der Waals surface area contributed by atoms with Crippen molar-refractivity contribution in [3.63, 3.8) is 0 Å². The maximum Gasteiger partial charge on any atom is 0.270 e. The highest BCUT2D eigenvalue weighted by Gasteiger charge is 2.33. The normalized spacial score (nSPS) is 17.0. The number of piperazine rings is 1. The van der Waals surface area contributed by atoms with E-state index in [0.29, 0.717) is 78.5 Å². The Kier molecular flexibility index (Phi) is 8.87. The number of rotatable bonds is 8. The van der Waals surface area contributed by atoms with E-state index in [2.05, 4.69) is 15.9 Å². The summed E-state index contributed by atoms with van der Waals surface area (Å²) < 4.78 is 20.6. The Labute approximate surface area is 231 Å². The Hall–Kier alpha value is -3.20. The van der Waals surface area contributed by atoms with Gasteiger partial charge < -0.3 is 14.5 Å². The van der Waals surface area contributed by atoms with Crippen molar-refractivity contribution in [1.82, 2.24) is 9.47 Å². The number of nitriles is 1. The summed E-state index contributed by atoms with van der Waals surface area (Å²) in [5, 5.41) is 9.80. The van der Waals surface area contributed by atoms with Crippen molar-refractivity contribution in [2.45, 2.75) is 26.8 Å². The predicted molar refractivity (Wildman–Crippen MR) is 153 cm³/mol. The molecule has 4 rings (SSSR count). The number of methoxy groups -OCH3 is 1. The van der Waals surface area contributed by atoms with Crippen LogP contribution >= 0.6 is 24.0 Å². The van der Waals surface area contributed by atoms with Gasteiger partial charge in [-0.1, -0.05) is 24.0 Å². The molecular weight excluding hydrogens is 525 g/mol. The first kappa shape index (κ1) is 27.8. The Morgan fingerprint density at radius 1 is 1.16 bits per heavy atom. The first-order chi connectivity index (χ1) is 18.3. The third kappa shape index (κ3) is 5.48. The molecule has 0 radical (unpaired) electrons. The number of amides is 1. The lowest BCUT2D eigenvalue weighted by Gasteiger charge is -2.39. The second-order valence-corrected chi connectivity index (χ2v) is 10.7. The minimum absolute atomic E-state index is 0.0716. The molecule has 1 aromatic heterocycles. The number of hydrogen-bond donors (Lipinski definition) is 0. The molecule has 0 N–H and O–H groups in total. The van der Waals surface area contributed by atoms with E-state index in [1.807, 2.05) is 6.92 Å². The number of ether oxygens (including phenoxy) is 1. The largest absolute Gasteiger partial charge is 0.385 e. The molecule has 38 heavy (non-hydrogen) atoms. The quantitative estimate of drug-likeness (QED) is 0.277. The van der Waals surface area contributed by atoms with E-state index in [4.69, 9.17) is 17.0 Å². The van der Waals surface area contributed by atoms with Crippen molar-refractivity contribution in [2.24, 2.45) is 0 Å². The van der Waals surface area contributed by atoms with Gasteiger partial charge in [0.2, 0.25) is 0 Å². The smallest absolute Gasteiger partial charge is 0.270 e. The summed E-state index contributed by atoms with van der Waals surface area (Å²) in [5.74, 6) is 0.230. The highest BCUT2D eigenvalue weighted by Crippen LogP contribution is 2.36. The summed E-state index contributed by atoms with van der Waals surface area (Å²) in [6.07, 6.45) is 2.44. The molecule has 200 valence electrons. The average Bonchev–Trinajstić information content (AvgIpc) is 3.18. The molecule has 8 nitrogen and oxygen atoms in total. The van der Waals surface area contributed by atoms with Crippen molar-refractivity contribution < 1.29 is 13.9 Å². The zero-order chi connectivity index (χ0) is 27.4. The highest BCUT2D eigenvalue weighted by atomic mass is 32.2. The van der Waals surface area contributed by atoms with Gasteiger partial charge in [-0.3, -0.25) is 19.1 Å². The number of thioether (sulfide) groups is 1. The summed E-state index contributed by atoms with van der Waals surface area (Å²) in [6.45, 7) is 7.55. The minimum Gasteiger partial charge on any atom is -0.385 e. The van der Waals surface area contributed by atoms with Gasteiger partial charge in [0.15, 0.2) is 0 Å². The summed E-state index contributed by atoms with van der Waals surface area (Å²) >= 11 is 6.71. The van der Waals surface area contributed by atoms with E-state index in [-0.39, 0.29) is 22.8 Å². The third-order valence-electron chi connectivity index (χ3n) is 6.81. The van der Waals surface area contributed by atoms with Crippen LogP contribution in [0.2, 0.25) is 0 Å². The summed E-state index contributed by atoms with van der Waals surface area (Å²) in [5.41, 5.74) is 1.89. The molecule has 0 atom stereocenters. The molecule has 2 fully saturated rings. The Morgan fingerprint density at radius 2 is 1.82 bits per heavy atom. The molecule has 0 unspecified atom stereocenters. The topological polar surface area (TPSA) is 81.8 Å². The van der Waals surface area contributed by atoms with Gasteiger partial charge in [0, 0.05) is 64.2 Å². The lowest BCUT2D eigenvalue weighted by Crippen LogP contribution is -2.48. The van der Waals surface area contributed by atoms with Gasteiger partial charge in [-0.05, 0) is 56.2 Å². The number of nitrogens with zero attached hydrogens (tertiary/aromatic N) is 5. The molecule has 2 saturated heterocycles. The van der Waals surface area contributed by atoms with Gasteiger partial charge >= 0.3 is 0 Å². The molecule has 0 bridgehead atoms. The molecule has 0 aliphatic carbocycles. The second kappa shape index (κ2) is 12.1. The van der Waals surface area contributed by atoms with Crippen LogP contribution < -0.4 is 15.4 Å². The first-order valence-electron chi connectivity index (χ1n) is 12.5. The van der Waals surface area contributed by atoms with Crippen LogP contribution in [0.15, 0.2) is 34.0 Å². The molecule has 3 heterocycles. The number of aromatic nitrogens is 1. The van der Waals surface area contributed by atoms with Gasteiger partial charge in [0.05, 0.1) is 4.91 Å². The van der Waals surface area contributed by atoms with Gasteiger partial charge in [-0.15, -0.1) is 0 Å². The first-order valence-corrected chi connectivity index (χ1v) is 13.7. The number of carbonyl (C=O) groups is 1. The van der Waals surface area contributed by atoms with E-state index >= 15 is 0 Å². The number of benzene rings is 1. The van der Waals surface area contributed by atoms with Crippen LogP contribution in [0.4, 0.5) is 15.9 Å². The van der Waals surface area contributed by atoms with Crippen molar-refractivity contribution >= 4 is 51.8 Å². The van der Waals surface area contributed by atoms with Crippen molar-refractivity contribution in [2.75, 3.05) is 56.2 Å². The van der Waals surface area contributed by atoms with Gasteiger partial charge in [-0.25, -0.2) is 4.39 Å². The monoisotopic (exact) mass is 555 g/mol. The molecule has 2 aliphatic heterocycles. The number of hydrogen-bond acceptors (Lipinski definition) is 8. The fraction of sp³-hybridized carbons (Fsp3) is 0.407. The minimum atomic E-state index is -0.340. The van der Waals surface area contributed by atoms with E-state index in [9.17, 15) is 19.2 Å². The summed E-state index contributed by atoms with van der Waals surface area (Å²) in [6, 6.07) is 8.49. The predicted octanol–water partition coefficient (Wildman–Crippen LogP) is 3.75. The van der Waals surface area contributed by atoms with E-state index < -0.39 is 0 Å². The van der Waals surface area contributed by atoms with Gasteiger partial charge in [0.25, 0.3) is 11.5 Å². The van der Waals surface area contributed by atoms with Crippen molar-refractivity contribution in [1.29, 1.82) is 5.26 Å². The van der Waals surface area contributed by atoms with Crippen molar-refractivity contribution in [3.8, 4) is 6.07 Å². The Morgan fingerprint density at radius 3 is 2.42 bits per heavy atom. The molecule has 1 aromatic carbocycles. The zero-order valence-electron chi connectivity index (χ0n) is 21.7.